The summed E-state index contributed by atoms with van der Waals surface area (Å²) in [7, 11) is 0. The fourth-order valence-corrected chi connectivity index (χ4v) is 4.27. The first-order valence-corrected chi connectivity index (χ1v) is 9.35. The number of aromatic nitrogens is 1. The molecule has 1 aliphatic carbocycles. The van der Waals surface area contributed by atoms with Gasteiger partial charge in [-0.3, -0.25) is 9.59 Å². The molecule has 0 saturated heterocycles. The number of nitrogens with two attached hydrogens (primary N) is 1. The van der Waals surface area contributed by atoms with Crippen molar-refractivity contribution in [3.05, 3.63) is 33.5 Å². The van der Waals surface area contributed by atoms with Gasteiger partial charge in [0.15, 0.2) is 11.6 Å². The van der Waals surface area contributed by atoms with Gasteiger partial charge < -0.3 is 16.0 Å². The molecule has 4 N–H and O–H groups in total. The first-order chi connectivity index (χ1) is 13.3. The zero-order valence-corrected chi connectivity index (χ0v) is 16.3. The molecular formula is C20H20ClF2N3O2. The van der Waals surface area contributed by atoms with Gasteiger partial charge in [-0.15, -0.1) is 0 Å². The fraction of sp³-hybridized carbons (Fsp3) is 0.400. The van der Waals surface area contributed by atoms with Crippen LogP contribution in [0.1, 0.15) is 60.1 Å². The van der Waals surface area contributed by atoms with Crippen LogP contribution in [0.5, 0.6) is 0 Å². The average Bonchev–Trinajstić information content (AvgIpc) is 2.91. The highest BCUT2D eigenvalue weighted by Crippen LogP contribution is 2.43. The Kier molecular flexibility index (Phi) is 5.61. The lowest BCUT2D eigenvalue weighted by Crippen LogP contribution is -2.37. The van der Waals surface area contributed by atoms with E-state index in [0.29, 0.717) is 18.5 Å². The molecule has 1 aromatic heterocycles. The Morgan fingerprint density at radius 1 is 1.29 bits per heavy atom. The molecule has 3 rings (SSSR count). The first-order valence-electron chi connectivity index (χ1n) is 8.97. The van der Waals surface area contributed by atoms with Crippen molar-refractivity contribution in [2.75, 3.05) is 0 Å². The highest BCUT2D eigenvalue weighted by Gasteiger charge is 2.33. The van der Waals surface area contributed by atoms with E-state index >= 15 is 4.39 Å². The van der Waals surface area contributed by atoms with Gasteiger partial charge in [-0.25, -0.2) is 8.78 Å². The maximum atomic E-state index is 15.1. The molecule has 0 spiro atoms. The minimum Gasteiger partial charge on any atom is -0.365 e. The number of rotatable bonds is 3. The van der Waals surface area contributed by atoms with Crippen molar-refractivity contribution in [1.82, 2.24) is 10.3 Å². The second-order valence-electron chi connectivity index (χ2n) is 7.00. The lowest BCUT2D eigenvalue weighted by molar-refractivity contribution is -0.116. The Bertz CT molecular complexity index is 1040. The summed E-state index contributed by atoms with van der Waals surface area (Å²) in [5.41, 5.74) is 5.45. The lowest BCUT2D eigenvalue weighted by atomic mass is 9.79. The molecular weight excluding hydrogens is 388 g/mol. The fourth-order valence-electron chi connectivity index (χ4n) is 4.02. The predicted molar refractivity (Wildman–Crippen MR) is 103 cm³/mol. The number of primary amides is 1. The molecule has 1 aromatic carbocycles. The monoisotopic (exact) mass is 407 g/mol. The number of fused-ring (bicyclic) bond motifs is 1. The summed E-state index contributed by atoms with van der Waals surface area (Å²) in [4.78, 5) is 26.3. The summed E-state index contributed by atoms with van der Waals surface area (Å²) >= 11 is 6.37. The number of nitrogens with one attached hydrogen (secondary N) is 2. The number of aromatic amines is 1. The zero-order valence-electron chi connectivity index (χ0n) is 15.5. The van der Waals surface area contributed by atoms with Gasteiger partial charge in [0.1, 0.15) is 5.56 Å². The smallest absolute Gasteiger partial charge is 0.296 e. The summed E-state index contributed by atoms with van der Waals surface area (Å²) in [6.07, 6.45) is 2.46. The summed E-state index contributed by atoms with van der Waals surface area (Å²) in [5.74, 6) is 0.705. The molecule has 1 heterocycles. The number of hydrogen-bond acceptors (Lipinski definition) is 2. The van der Waals surface area contributed by atoms with Crippen LogP contribution in [0.4, 0.5) is 8.78 Å². The van der Waals surface area contributed by atoms with E-state index < -0.39 is 29.0 Å². The molecule has 1 aliphatic rings. The number of carbonyl (C=O) groups is 2. The van der Waals surface area contributed by atoms with Crippen LogP contribution in [-0.4, -0.2) is 22.8 Å². The maximum absolute atomic E-state index is 15.1. The summed E-state index contributed by atoms with van der Waals surface area (Å²) in [5, 5.41) is 3.31. The van der Waals surface area contributed by atoms with E-state index in [-0.39, 0.29) is 33.4 Å². The summed E-state index contributed by atoms with van der Waals surface area (Å²) < 4.78 is 29.8. The number of hydrogen-bond donors (Lipinski definition) is 3. The van der Waals surface area contributed by atoms with Crippen LogP contribution in [0.3, 0.4) is 0 Å². The van der Waals surface area contributed by atoms with Crippen molar-refractivity contribution < 1.29 is 18.4 Å². The predicted octanol–water partition coefficient (Wildman–Crippen LogP) is 3.67. The maximum Gasteiger partial charge on any atom is 0.296 e. The second-order valence-corrected chi connectivity index (χ2v) is 7.38. The molecule has 0 aliphatic heterocycles. The van der Waals surface area contributed by atoms with Crippen LogP contribution in [0.15, 0.2) is 0 Å². The molecule has 5 nitrogen and oxygen atoms in total. The SMILES string of the molecule is CC#CC(=O)N[C@@H]1CCCC(c2c(F)c(F)c(C(N)=O)c3[nH]c(C)c(Cl)c23)C1. The topological polar surface area (TPSA) is 88.0 Å². The van der Waals surface area contributed by atoms with Gasteiger partial charge in [-0.05, 0) is 44.9 Å². The molecule has 2 aromatic rings. The van der Waals surface area contributed by atoms with E-state index in [4.69, 9.17) is 17.3 Å². The normalized spacial score (nSPS) is 19.2. The Hall–Kier alpha value is -2.59. The van der Waals surface area contributed by atoms with E-state index in [1.807, 2.05) is 0 Å². The van der Waals surface area contributed by atoms with E-state index in [1.54, 1.807) is 13.8 Å². The van der Waals surface area contributed by atoms with Gasteiger partial charge in [0.25, 0.3) is 11.8 Å². The number of amides is 2. The molecule has 1 saturated carbocycles. The van der Waals surface area contributed by atoms with E-state index in [0.717, 1.165) is 12.8 Å². The highest BCUT2D eigenvalue weighted by molar-refractivity contribution is 6.37. The third-order valence-electron chi connectivity index (χ3n) is 5.18. The standard InChI is InChI=1S/C20H20ClF2N3O2/c1-3-5-12(27)26-11-7-4-6-10(8-11)13-14-16(21)9(2)25-19(14)15(20(24)28)18(23)17(13)22/h10-11,25H,4,6-8H2,1-2H3,(H2,24,28)(H,26,27)/t10?,11-/m1/s1. The van der Waals surface area contributed by atoms with Crippen LogP contribution in [0.2, 0.25) is 5.02 Å². The Morgan fingerprint density at radius 3 is 2.64 bits per heavy atom. The molecule has 2 atom stereocenters. The molecule has 148 valence electrons. The van der Waals surface area contributed by atoms with Gasteiger partial charge in [0, 0.05) is 22.7 Å². The van der Waals surface area contributed by atoms with Crippen molar-refractivity contribution in [3.8, 4) is 11.8 Å². The highest BCUT2D eigenvalue weighted by atomic mass is 35.5. The van der Waals surface area contributed by atoms with Crippen LogP contribution in [0, 0.1) is 30.4 Å². The van der Waals surface area contributed by atoms with Gasteiger partial charge in [0.05, 0.1) is 10.5 Å². The van der Waals surface area contributed by atoms with Crippen LogP contribution < -0.4 is 11.1 Å². The Balaban J connectivity index is 2.11. The molecule has 1 fully saturated rings. The zero-order chi connectivity index (χ0) is 20.6. The van der Waals surface area contributed by atoms with Gasteiger partial charge >= 0.3 is 0 Å². The van der Waals surface area contributed by atoms with Crippen molar-refractivity contribution >= 4 is 34.3 Å². The van der Waals surface area contributed by atoms with Gasteiger partial charge in [0.2, 0.25) is 0 Å². The quantitative estimate of drug-likeness (QED) is 0.678. The van der Waals surface area contributed by atoms with Crippen molar-refractivity contribution in [1.29, 1.82) is 0 Å². The van der Waals surface area contributed by atoms with Crippen molar-refractivity contribution in [2.45, 2.75) is 51.5 Å². The van der Waals surface area contributed by atoms with Crippen LogP contribution in [-0.2, 0) is 4.79 Å². The first kappa shape index (κ1) is 20.2. The van der Waals surface area contributed by atoms with Crippen LogP contribution in [0.25, 0.3) is 10.9 Å². The minimum absolute atomic E-state index is 0.104. The summed E-state index contributed by atoms with van der Waals surface area (Å²) in [6.45, 7) is 3.22. The second kappa shape index (κ2) is 7.80. The number of carbonyl (C=O) groups excluding carboxylic acids is 2. The van der Waals surface area contributed by atoms with Gasteiger partial charge in [-0.1, -0.05) is 23.9 Å². The van der Waals surface area contributed by atoms with E-state index in [9.17, 15) is 14.0 Å². The summed E-state index contributed by atoms with van der Waals surface area (Å²) in [6, 6.07) is -0.209. The van der Waals surface area contributed by atoms with Crippen molar-refractivity contribution in [2.24, 2.45) is 5.73 Å². The third-order valence-corrected chi connectivity index (χ3v) is 5.65. The molecule has 0 bridgehead atoms. The molecule has 8 heteroatoms. The van der Waals surface area contributed by atoms with Crippen molar-refractivity contribution in [3.63, 3.8) is 0 Å². The third kappa shape index (κ3) is 3.45. The minimum atomic E-state index is -1.28. The number of aryl methyl sites for hydroxylation is 1. The molecule has 2 amide bonds. The van der Waals surface area contributed by atoms with E-state index in [2.05, 4.69) is 22.1 Å². The largest absolute Gasteiger partial charge is 0.365 e. The number of halogens is 3. The lowest BCUT2D eigenvalue weighted by Gasteiger charge is -2.30. The molecule has 1 unspecified atom stereocenters. The average molecular weight is 408 g/mol. The van der Waals surface area contributed by atoms with Crippen LogP contribution >= 0.6 is 11.6 Å². The van der Waals surface area contributed by atoms with E-state index in [1.165, 1.54) is 0 Å². The molecule has 28 heavy (non-hydrogen) atoms. The molecule has 0 radical (unpaired) electrons. The Morgan fingerprint density at radius 2 is 2.00 bits per heavy atom. The number of benzene rings is 1. The Labute approximate surface area is 166 Å². The van der Waals surface area contributed by atoms with Gasteiger partial charge in [-0.2, -0.15) is 0 Å². The number of H-pyrrole nitrogens is 1.